The van der Waals surface area contributed by atoms with Crippen LogP contribution < -0.4 is 0 Å². The maximum absolute atomic E-state index is 12.7. The van der Waals surface area contributed by atoms with E-state index in [9.17, 15) is 9.59 Å². The van der Waals surface area contributed by atoms with Crippen molar-refractivity contribution in [3.05, 3.63) is 12.2 Å². The number of esters is 2. The standard InChI is InChI=1S/C50H82O10/c1-15-35-28(5)30(7)41(53-33(10)51)44(55-35)58-40-32(9)37(17-3)57-46(43(40)59-45-42(54-34(11)52)31(8)29(6)36(16-2)56-45)60-50-24-20-39-48(14)22-18-21-47(12,13)38(48)19-23-49(39,26-50)25-27(50)4/h28-32,35-46H,4,15-26H2,1-3,5-14H3/t28?,29?,30?,31?,32?,35?,36?,37?,38-,39+,40?,41?,42?,43?,44?,45?,46?,48-,49-,50+/m1/s1. The third-order valence-electron chi connectivity index (χ3n) is 18.2. The molecule has 0 aromatic heterocycles. The highest BCUT2D eigenvalue weighted by atomic mass is 16.8. The summed E-state index contributed by atoms with van der Waals surface area (Å²) in [5.74, 6) is 0.686. The van der Waals surface area contributed by atoms with Gasteiger partial charge in [0.15, 0.2) is 31.1 Å². The summed E-state index contributed by atoms with van der Waals surface area (Å²) in [6, 6.07) is 0. The molecule has 20 atom stereocenters. The molecule has 3 heterocycles. The Morgan fingerprint density at radius 3 is 1.67 bits per heavy atom. The summed E-state index contributed by atoms with van der Waals surface area (Å²) in [5.41, 5.74) is 1.41. The lowest BCUT2D eigenvalue weighted by atomic mass is 9.41. The normalized spacial score (nSPS) is 50.0. The Morgan fingerprint density at radius 1 is 0.633 bits per heavy atom. The smallest absolute Gasteiger partial charge is 0.303 e. The first-order valence-electron chi connectivity index (χ1n) is 24.2. The van der Waals surface area contributed by atoms with Gasteiger partial charge in [0.1, 0.15) is 6.10 Å². The molecular formula is C50H82O10. The Kier molecular flexibility index (Phi) is 13.5. The lowest BCUT2D eigenvalue weighted by Gasteiger charge is -2.64. The molecule has 342 valence electrons. The summed E-state index contributed by atoms with van der Waals surface area (Å²) in [4.78, 5) is 25.3. The fourth-order valence-corrected chi connectivity index (χ4v) is 14.7. The molecule has 0 amide bonds. The number of carbonyl (C=O) groups excluding carboxylic acids is 2. The predicted octanol–water partition coefficient (Wildman–Crippen LogP) is 10.3. The molecule has 0 radical (unpaired) electrons. The summed E-state index contributed by atoms with van der Waals surface area (Å²) in [7, 11) is 0. The van der Waals surface area contributed by atoms with Gasteiger partial charge < -0.3 is 37.9 Å². The van der Waals surface area contributed by atoms with Crippen molar-refractivity contribution < 1.29 is 47.5 Å². The minimum atomic E-state index is -0.892. The van der Waals surface area contributed by atoms with E-state index in [4.69, 9.17) is 44.5 Å². The Morgan fingerprint density at radius 2 is 1.13 bits per heavy atom. The van der Waals surface area contributed by atoms with Crippen LogP contribution in [0.5, 0.6) is 0 Å². The molecule has 15 unspecified atom stereocenters. The molecule has 4 saturated carbocycles. The molecule has 3 saturated heterocycles. The zero-order valence-corrected chi connectivity index (χ0v) is 39.6. The molecule has 4 aliphatic carbocycles. The van der Waals surface area contributed by atoms with Crippen molar-refractivity contribution in [2.24, 2.45) is 57.7 Å². The molecule has 0 N–H and O–H groups in total. The molecule has 0 aromatic rings. The number of hydrogen-bond donors (Lipinski definition) is 0. The molecule has 1 spiro atoms. The molecule has 2 bridgehead atoms. The van der Waals surface area contributed by atoms with Crippen molar-refractivity contribution in [3.63, 3.8) is 0 Å². The molecule has 0 aromatic carbocycles. The van der Waals surface area contributed by atoms with Gasteiger partial charge in [-0.05, 0) is 116 Å². The van der Waals surface area contributed by atoms with Crippen LogP contribution in [0.2, 0.25) is 0 Å². The van der Waals surface area contributed by atoms with Crippen molar-refractivity contribution in [2.45, 2.75) is 234 Å². The zero-order valence-electron chi connectivity index (χ0n) is 39.6. The molecule has 7 rings (SSSR count). The monoisotopic (exact) mass is 843 g/mol. The van der Waals surface area contributed by atoms with Gasteiger partial charge in [0.25, 0.3) is 0 Å². The fourth-order valence-electron chi connectivity index (χ4n) is 14.7. The number of ether oxygens (including phenoxy) is 8. The highest BCUT2D eigenvalue weighted by Crippen LogP contribution is 2.73. The Hall–Kier alpha value is -1.56. The van der Waals surface area contributed by atoms with Crippen LogP contribution in [0.15, 0.2) is 12.2 Å². The lowest BCUT2D eigenvalue weighted by Crippen LogP contribution is -2.64. The second-order valence-electron chi connectivity index (χ2n) is 22.0. The van der Waals surface area contributed by atoms with E-state index in [1.807, 2.05) is 0 Å². The maximum atomic E-state index is 12.7. The third-order valence-corrected chi connectivity index (χ3v) is 18.2. The highest BCUT2D eigenvalue weighted by molar-refractivity contribution is 5.66. The first-order valence-corrected chi connectivity index (χ1v) is 24.2. The van der Waals surface area contributed by atoms with Crippen molar-refractivity contribution in [2.75, 3.05) is 0 Å². The second kappa shape index (κ2) is 17.4. The molecule has 60 heavy (non-hydrogen) atoms. The SMILES string of the molecule is C=C1C[C@@]23CC[C@@H]4C(C)(C)CCC[C@@]4(C)[C@@H]2CC[C@]1(OC1OC(CC)C(C)C(OC2OC(CC)C(C)C(C)C2OC(C)=O)C1OC1OC(CC)C(C)C(C)C1OC(C)=O)C3. The van der Waals surface area contributed by atoms with Gasteiger partial charge in [-0.3, -0.25) is 9.59 Å². The maximum Gasteiger partial charge on any atom is 0.303 e. The lowest BCUT2D eigenvalue weighted by molar-refractivity contribution is -0.387. The minimum absolute atomic E-state index is 0.0115. The van der Waals surface area contributed by atoms with E-state index in [2.05, 4.69) is 76.2 Å². The molecule has 7 aliphatic rings. The number of fused-ring (bicyclic) bond motifs is 3. The summed E-state index contributed by atoms with van der Waals surface area (Å²) in [6.45, 7) is 32.4. The minimum Gasteiger partial charge on any atom is -0.457 e. The zero-order chi connectivity index (χ0) is 43.7. The van der Waals surface area contributed by atoms with Gasteiger partial charge in [0.2, 0.25) is 0 Å². The van der Waals surface area contributed by atoms with Gasteiger partial charge in [-0.1, -0.05) is 89.2 Å². The summed E-state index contributed by atoms with van der Waals surface area (Å²) < 4.78 is 54.9. The summed E-state index contributed by atoms with van der Waals surface area (Å²) >= 11 is 0. The molecular weight excluding hydrogens is 761 g/mol. The number of hydrogen-bond acceptors (Lipinski definition) is 10. The van der Waals surface area contributed by atoms with Crippen LogP contribution in [0.3, 0.4) is 0 Å². The Balaban J connectivity index is 1.26. The van der Waals surface area contributed by atoms with Gasteiger partial charge in [0.05, 0.1) is 30.0 Å². The van der Waals surface area contributed by atoms with Crippen LogP contribution >= 0.6 is 0 Å². The molecule has 10 heteroatoms. The van der Waals surface area contributed by atoms with E-state index in [0.717, 1.165) is 50.9 Å². The van der Waals surface area contributed by atoms with E-state index in [1.165, 1.54) is 51.5 Å². The van der Waals surface area contributed by atoms with E-state index in [-0.39, 0.29) is 65.3 Å². The van der Waals surface area contributed by atoms with Crippen LogP contribution in [0.4, 0.5) is 0 Å². The van der Waals surface area contributed by atoms with E-state index in [1.54, 1.807) is 0 Å². The first kappa shape index (κ1) is 46.4. The predicted molar refractivity (Wildman–Crippen MR) is 229 cm³/mol. The van der Waals surface area contributed by atoms with Gasteiger partial charge in [0, 0.05) is 31.6 Å². The van der Waals surface area contributed by atoms with Crippen LogP contribution in [0, 0.1) is 57.7 Å². The van der Waals surface area contributed by atoms with Gasteiger partial charge in [-0.2, -0.15) is 0 Å². The van der Waals surface area contributed by atoms with Gasteiger partial charge in [-0.25, -0.2) is 0 Å². The topological polar surface area (TPSA) is 108 Å². The quantitative estimate of drug-likeness (QED) is 0.113. The van der Waals surface area contributed by atoms with E-state index < -0.39 is 48.9 Å². The van der Waals surface area contributed by atoms with E-state index >= 15 is 0 Å². The average molecular weight is 843 g/mol. The van der Waals surface area contributed by atoms with Crippen LogP contribution in [-0.4, -0.2) is 79.1 Å². The highest BCUT2D eigenvalue weighted by Gasteiger charge is 2.68. The Bertz CT molecular complexity index is 1560. The Labute approximate surface area is 362 Å². The van der Waals surface area contributed by atoms with Crippen LogP contribution in [0.25, 0.3) is 0 Å². The largest absolute Gasteiger partial charge is 0.457 e. The van der Waals surface area contributed by atoms with E-state index in [0.29, 0.717) is 16.7 Å². The van der Waals surface area contributed by atoms with Gasteiger partial charge >= 0.3 is 11.9 Å². The average Bonchev–Trinajstić information content (AvgIpc) is 3.38. The van der Waals surface area contributed by atoms with Crippen LogP contribution in [-0.2, 0) is 47.5 Å². The number of rotatable bonds is 11. The second-order valence-corrected chi connectivity index (χ2v) is 22.0. The van der Waals surface area contributed by atoms with Crippen LogP contribution in [0.1, 0.15) is 167 Å². The first-order chi connectivity index (χ1) is 28.2. The fraction of sp³-hybridized carbons (Fsp3) is 0.920. The number of carbonyl (C=O) groups is 2. The molecule has 3 aliphatic heterocycles. The molecule has 7 fully saturated rings. The van der Waals surface area contributed by atoms with Crippen molar-refractivity contribution in [3.8, 4) is 0 Å². The summed E-state index contributed by atoms with van der Waals surface area (Å²) in [5, 5.41) is 0. The van der Waals surface area contributed by atoms with Crippen molar-refractivity contribution >= 4 is 11.9 Å². The van der Waals surface area contributed by atoms with Crippen molar-refractivity contribution in [1.29, 1.82) is 0 Å². The van der Waals surface area contributed by atoms with Crippen molar-refractivity contribution in [1.82, 2.24) is 0 Å². The third kappa shape index (κ3) is 8.09. The van der Waals surface area contributed by atoms with Gasteiger partial charge in [-0.15, -0.1) is 0 Å². The molecule has 10 nitrogen and oxygen atoms in total. The summed E-state index contributed by atoms with van der Waals surface area (Å²) in [6.07, 6.45) is 6.95.